The summed E-state index contributed by atoms with van der Waals surface area (Å²) >= 11 is 0. The Morgan fingerprint density at radius 1 is 1.05 bits per heavy atom. The van der Waals surface area contributed by atoms with Gasteiger partial charge in [0.2, 0.25) is 0 Å². The highest BCUT2D eigenvalue weighted by Gasteiger charge is 2.13. The quantitative estimate of drug-likeness (QED) is 0.628. The van der Waals surface area contributed by atoms with Gasteiger partial charge in [-0.05, 0) is 31.9 Å². The minimum atomic E-state index is 0.0140. The van der Waals surface area contributed by atoms with Crippen molar-refractivity contribution in [2.45, 2.75) is 26.7 Å². The topological polar surface area (TPSA) is 60.8 Å². The Bertz CT molecular complexity index is 647. The molecule has 0 saturated carbocycles. The van der Waals surface area contributed by atoms with Gasteiger partial charge in [0.1, 0.15) is 17.8 Å². The van der Waals surface area contributed by atoms with Crippen LogP contribution in [-0.4, -0.2) is 23.0 Å². The summed E-state index contributed by atoms with van der Waals surface area (Å²) < 4.78 is 0. The molecule has 2 rings (SSSR count). The van der Waals surface area contributed by atoms with Crippen LogP contribution in [0, 0.1) is 13.8 Å². The maximum Gasteiger partial charge on any atom is 0.121 e. The van der Waals surface area contributed by atoms with Crippen LogP contribution in [0.2, 0.25) is 0 Å². The van der Waals surface area contributed by atoms with Crippen molar-refractivity contribution < 1.29 is 15.0 Å². The molecule has 0 aromatic heterocycles. The maximum absolute atomic E-state index is 10.6. The van der Waals surface area contributed by atoms with Crippen LogP contribution in [-0.2, 0) is 4.79 Å². The fourth-order valence-corrected chi connectivity index (χ4v) is 2.56. The van der Waals surface area contributed by atoms with E-state index in [2.05, 4.69) is 6.07 Å². The van der Waals surface area contributed by atoms with Gasteiger partial charge in [-0.15, -0.1) is 0 Å². The number of hydrogen-bond donors (Lipinski definition) is 2. The molecule has 2 aromatic carbocycles. The van der Waals surface area contributed by atoms with Gasteiger partial charge in [-0.25, -0.2) is 0 Å². The summed E-state index contributed by atoms with van der Waals surface area (Å²) in [6.45, 7) is 4.69. The zero-order valence-electron chi connectivity index (χ0n) is 12.9. The third-order valence-electron chi connectivity index (χ3n) is 3.55. The number of hydrogen-bond acceptors (Lipinski definition) is 4. The molecule has 0 atom stereocenters. The average molecular weight is 299 g/mol. The van der Waals surface area contributed by atoms with E-state index < -0.39 is 0 Å². The van der Waals surface area contributed by atoms with Crippen LogP contribution in [0.15, 0.2) is 36.4 Å². The van der Waals surface area contributed by atoms with E-state index in [0.717, 1.165) is 17.5 Å². The number of aromatic hydroxyl groups is 2. The predicted octanol–water partition coefficient (Wildman–Crippen LogP) is 3.83. The minimum absolute atomic E-state index is 0.0140. The molecule has 0 bridgehead atoms. The first-order valence-corrected chi connectivity index (χ1v) is 7.32. The first kappa shape index (κ1) is 15.9. The van der Waals surface area contributed by atoms with Crippen LogP contribution in [0.4, 0.5) is 11.4 Å². The Balaban J connectivity index is 2.43. The van der Waals surface area contributed by atoms with E-state index in [4.69, 9.17) is 0 Å². The monoisotopic (exact) mass is 299 g/mol. The van der Waals surface area contributed by atoms with Gasteiger partial charge in [0.15, 0.2) is 0 Å². The Morgan fingerprint density at radius 2 is 1.73 bits per heavy atom. The Labute approximate surface area is 130 Å². The second-order valence-electron chi connectivity index (χ2n) is 5.46. The Morgan fingerprint density at radius 3 is 2.32 bits per heavy atom. The molecule has 0 fully saturated rings. The summed E-state index contributed by atoms with van der Waals surface area (Å²) in [6, 6.07) is 10.7. The molecular weight excluding hydrogens is 278 g/mol. The summed E-state index contributed by atoms with van der Waals surface area (Å²) in [7, 11) is 0. The molecule has 2 N–H and O–H groups in total. The van der Waals surface area contributed by atoms with Crippen molar-refractivity contribution in [3.8, 4) is 11.5 Å². The van der Waals surface area contributed by atoms with E-state index >= 15 is 0 Å². The van der Waals surface area contributed by atoms with Crippen LogP contribution >= 0.6 is 0 Å². The molecule has 0 unspecified atom stereocenters. The molecule has 4 heteroatoms. The lowest BCUT2D eigenvalue weighted by Gasteiger charge is -2.27. The number of anilines is 2. The number of unbranched alkanes of at least 4 members (excludes halogenated alkanes) is 1. The molecule has 0 saturated heterocycles. The van der Waals surface area contributed by atoms with Crippen LogP contribution in [0.25, 0.3) is 0 Å². The number of phenolic OH excluding ortho intramolecular Hbond substituents is 2. The number of aldehydes is 1. The Hall–Kier alpha value is -2.49. The zero-order valence-corrected chi connectivity index (χ0v) is 12.9. The molecule has 116 valence electrons. The van der Waals surface area contributed by atoms with Crippen molar-refractivity contribution in [3.05, 3.63) is 47.5 Å². The van der Waals surface area contributed by atoms with Gasteiger partial charge >= 0.3 is 0 Å². The van der Waals surface area contributed by atoms with Gasteiger partial charge in [-0.3, -0.25) is 0 Å². The van der Waals surface area contributed by atoms with Crippen molar-refractivity contribution in [1.29, 1.82) is 0 Å². The molecule has 0 amide bonds. The summed E-state index contributed by atoms with van der Waals surface area (Å²) in [5.74, 6) is 0.0281. The number of nitrogens with zero attached hydrogens (tertiary/aromatic N) is 1. The van der Waals surface area contributed by atoms with Crippen molar-refractivity contribution in [2.24, 2.45) is 0 Å². The molecule has 0 aliphatic heterocycles. The van der Waals surface area contributed by atoms with Gasteiger partial charge in [0.25, 0.3) is 0 Å². The zero-order chi connectivity index (χ0) is 16.1. The Kier molecular flexibility index (Phi) is 5.04. The van der Waals surface area contributed by atoms with Gasteiger partial charge < -0.3 is 19.9 Å². The highest BCUT2D eigenvalue weighted by molar-refractivity contribution is 5.69. The van der Waals surface area contributed by atoms with Crippen LogP contribution in [0.5, 0.6) is 11.5 Å². The second kappa shape index (κ2) is 6.98. The first-order chi connectivity index (χ1) is 10.5. The third-order valence-corrected chi connectivity index (χ3v) is 3.55. The van der Waals surface area contributed by atoms with Gasteiger partial charge in [0, 0.05) is 42.5 Å². The molecule has 0 heterocycles. The molecule has 4 nitrogen and oxygen atoms in total. The number of phenols is 2. The number of benzene rings is 2. The first-order valence-electron chi connectivity index (χ1n) is 7.32. The summed E-state index contributed by atoms with van der Waals surface area (Å²) in [6.07, 6.45) is 2.08. The molecule has 0 aliphatic carbocycles. The smallest absolute Gasteiger partial charge is 0.121 e. The summed E-state index contributed by atoms with van der Waals surface area (Å²) in [4.78, 5) is 12.6. The van der Waals surface area contributed by atoms with Crippen LogP contribution < -0.4 is 4.90 Å². The fraction of sp³-hybridized carbons (Fsp3) is 0.278. The van der Waals surface area contributed by atoms with Crippen molar-refractivity contribution in [1.82, 2.24) is 0 Å². The highest BCUT2D eigenvalue weighted by Crippen LogP contribution is 2.34. The normalized spacial score (nSPS) is 10.5. The number of aryl methyl sites for hydroxylation is 2. The average Bonchev–Trinajstić information content (AvgIpc) is 2.43. The van der Waals surface area contributed by atoms with E-state index in [-0.39, 0.29) is 11.5 Å². The maximum atomic E-state index is 10.6. The lowest BCUT2D eigenvalue weighted by atomic mass is 10.1. The van der Waals surface area contributed by atoms with E-state index in [1.807, 2.05) is 30.9 Å². The standard InChI is InChI=1S/C18H21NO3/c1-13-5-6-18(14(2)9-13)19(7-3-4-8-20)15-10-16(21)12-17(22)11-15/h5-6,8-12,21-22H,3-4,7H2,1-2H3. The van der Waals surface area contributed by atoms with Crippen molar-refractivity contribution >= 4 is 17.7 Å². The van der Waals surface area contributed by atoms with E-state index in [1.165, 1.54) is 11.6 Å². The van der Waals surface area contributed by atoms with Crippen molar-refractivity contribution in [3.63, 3.8) is 0 Å². The molecule has 22 heavy (non-hydrogen) atoms. The fourth-order valence-electron chi connectivity index (χ4n) is 2.56. The summed E-state index contributed by atoms with van der Waals surface area (Å²) in [5, 5.41) is 19.5. The second-order valence-corrected chi connectivity index (χ2v) is 5.46. The van der Waals surface area contributed by atoms with Crippen molar-refractivity contribution in [2.75, 3.05) is 11.4 Å². The molecule has 2 aromatic rings. The van der Waals surface area contributed by atoms with Crippen LogP contribution in [0.1, 0.15) is 24.0 Å². The van der Waals surface area contributed by atoms with E-state index in [1.54, 1.807) is 12.1 Å². The molecule has 0 spiro atoms. The van der Waals surface area contributed by atoms with Gasteiger partial charge in [-0.2, -0.15) is 0 Å². The third kappa shape index (κ3) is 3.79. The lowest BCUT2D eigenvalue weighted by Crippen LogP contribution is -2.19. The number of carbonyl (C=O) groups excluding carboxylic acids is 1. The van der Waals surface area contributed by atoms with Gasteiger partial charge in [0.05, 0.1) is 0 Å². The molecule has 0 aliphatic rings. The highest BCUT2D eigenvalue weighted by atomic mass is 16.3. The minimum Gasteiger partial charge on any atom is -0.508 e. The lowest BCUT2D eigenvalue weighted by molar-refractivity contribution is -0.107. The predicted molar refractivity (Wildman–Crippen MR) is 88.0 cm³/mol. The largest absolute Gasteiger partial charge is 0.508 e. The van der Waals surface area contributed by atoms with Crippen LogP contribution in [0.3, 0.4) is 0 Å². The molecular formula is C18H21NO3. The SMILES string of the molecule is Cc1ccc(N(CCCC=O)c2cc(O)cc(O)c2)c(C)c1. The van der Waals surface area contributed by atoms with E-state index in [0.29, 0.717) is 25.1 Å². The summed E-state index contributed by atoms with van der Waals surface area (Å²) in [5.41, 5.74) is 3.98. The molecule has 0 radical (unpaired) electrons. The number of carbonyl (C=O) groups is 1. The van der Waals surface area contributed by atoms with E-state index in [9.17, 15) is 15.0 Å². The van der Waals surface area contributed by atoms with Gasteiger partial charge in [-0.1, -0.05) is 17.7 Å². The number of rotatable bonds is 6.